The molecule has 0 amide bonds. The molecule has 1 aromatic rings. The van der Waals surface area contributed by atoms with E-state index in [0.29, 0.717) is 13.2 Å². The van der Waals surface area contributed by atoms with E-state index in [0.717, 1.165) is 5.56 Å². The molecule has 0 aliphatic rings. The lowest BCUT2D eigenvalue weighted by molar-refractivity contribution is -0.145. The van der Waals surface area contributed by atoms with Crippen LogP contribution in [0.15, 0.2) is 24.3 Å². The van der Waals surface area contributed by atoms with Gasteiger partial charge < -0.3 is 15.2 Å². The van der Waals surface area contributed by atoms with Gasteiger partial charge in [-0.2, -0.15) is 0 Å². The second-order valence-corrected chi connectivity index (χ2v) is 3.48. The Bertz CT molecular complexity index is 352. The summed E-state index contributed by atoms with van der Waals surface area (Å²) < 4.78 is 4.86. The van der Waals surface area contributed by atoms with Gasteiger partial charge in [0.1, 0.15) is 11.8 Å². The lowest BCUT2D eigenvalue weighted by Gasteiger charge is -2.12. The topological polar surface area (TPSA) is 58.6 Å². The van der Waals surface area contributed by atoms with Gasteiger partial charge in [-0.25, -0.2) is 0 Å². The standard InChI is InChI=1S/C12H17NO3/c1-3-16-12(15)9(2)13-8-10-6-4-5-7-11(10)14/h4-7,9,13-14H,3,8H2,1-2H3. The lowest BCUT2D eigenvalue weighted by atomic mass is 10.2. The Hall–Kier alpha value is -1.55. The van der Waals surface area contributed by atoms with Crippen LogP contribution >= 0.6 is 0 Å². The summed E-state index contributed by atoms with van der Waals surface area (Å²) in [4.78, 5) is 11.3. The molecular weight excluding hydrogens is 206 g/mol. The van der Waals surface area contributed by atoms with Gasteiger partial charge in [-0.05, 0) is 19.9 Å². The summed E-state index contributed by atoms with van der Waals surface area (Å²) in [7, 11) is 0. The fourth-order valence-corrected chi connectivity index (χ4v) is 1.27. The number of phenolic OH excluding ortho intramolecular Hbond substituents is 1. The molecular formula is C12H17NO3. The van der Waals surface area contributed by atoms with Crippen molar-refractivity contribution < 1.29 is 14.6 Å². The Kier molecular flexibility index (Phi) is 4.79. The molecule has 0 aliphatic carbocycles. The Morgan fingerprint density at radius 1 is 1.50 bits per heavy atom. The summed E-state index contributed by atoms with van der Waals surface area (Å²) in [5.74, 6) is -0.0519. The Labute approximate surface area is 95.2 Å². The van der Waals surface area contributed by atoms with Crippen molar-refractivity contribution in [1.29, 1.82) is 0 Å². The third-order valence-corrected chi connectivity index (χ3v) is 2.23. The largest absolute Gasteiger partial charge is 0.508 e. The third kappa shape index (κ3) is 3.55. The second kappa shape index (κ2) is 6.12. The molecule has 0 radical (unpaired) electrons. The summed E-state index contributed by atoms with van der Waals surface area (Å²) in [6, 6.07) is 6.64. The molecule has 1 unspecified atom stereocenters. The van der Waals surface area contributed by atoms with Crippen molar-refractivity contribution in [3.63, 3.8) is 0 Å². The van der Waals surface area contributed by atoms with Crippen LogP contribution in [0.5, 0.6) is 5.75 Å². The zero-order chi connectivity index (χ0) is 12.0. The maximum absolute atomic E-state index is 11.3. The van der Waals surface area contributed by atoms with E-state index >= 15 is 0 Å². The highest BCUT2D eigenvalue weighted by molar-refractivity contribution is 5.75. The molecule has 2 N–H and O–H groups in total. The average Bonchev–Trinajstić information content (AvgIpc) is 2.28. The van der Waals surface area contributed by atoms with Crippen molar-refractivity contribution in [3.05, 3.63) is 29.8 Å². The van der Waals surface area contributed by atoms with Crippen molar-refractivity contribution in [3.8, 4) is 5.75 Å². The maximum atomic E-state index is 11.3. The fourth-order valence-electron chi connectivity index (χ4n) is 1.27. The summed E-state index contributed by atoms with van der Waals surface area (Å²) in [5.41, 5.74) is 0.763. The molecule has 0 aliphatic heterocycles. The molecule has 4 heteroatoms. The summed E-state index contributed by atoms with van der Waals surface area (Å²) in [5, 5.41) is 12.5. The molecule has 1 aromatic carbocycles. The first kappa shape index (κ1) is 12.5. The number of esters is 1. The van der Waals surface area contributed by atoms with E-state index in [1.807, 2.05) is 6.07 Å². The predicted octanol–water partition coefficient (Wildman–Crippen LogP) is 1.43. The molecule has 4 nitrogen and oxygen atoms in total. The quantitative estimate of drug-likeness (QED) is 0.741. The van der Waals surface area contributed by atoms with E-state index < -0.39 is 0 Å². The molecule has 0 fully saturated rings. The molecule has 88 valence electrons. The number of hydrogen-bond acceptors (Lipinski definition) is 4. The second-order valence-electron chi connectivity index (χ2n) is 3.48. The number of hydrogen-bond donors (Lipinski definition) is 2. The van der Waals surface area contributed by atoms with Crippen LogP contribution in [0.1, 0.15) is 19.4 Å². The first-order chi connectivity index (χ1) is 7.65. The van der Waals surface area contributed by atoms with Crippen molar-refractivity contribution in [2.75, 3.05) is 6.61 Å². The number of nitrogens with one attached hydrogen (secondary N) is 1. The number of rotatable bonds is 5. The molecule has 1 atom stereocenters. The van der Waals surface area contributed by atoms with Crippen LogP contribution < -0.4 is 5.32 Å². The van der Waals surface area contributed by atoms with Gasteiger partial charge in [0.05, 0.1) is 6.61 Å². The minimum Gasteiger partial charge on any atom is -0.508 e. The zero-order valence-electron chi connectivity index (χ0n) is 9.56. The minimum atomic E-state index is -0.375. The van der Waals surface area contributed by atoms with Gasteiger partial charge in [-0.15, -0.1) is 0 Å². The highest BCUT2D eigenvalue weighted by Gasteiger charge is 2.13. The van der Waals surface area contributed by atoms with Crippen molar-refractivity contribution in [1.82, 2.24) is 5.32 Å². The van der Waals surface area contributed by atoms with Crippen LogP contribution in [0, 0.1) is 0 Å². The van der Waals surface area contributed by atoms with Gasteiger partial charge in [0.25, 0.3) is 0 Å². The van der Waals surface area contributed by atoms with Crippen LogP contribution in [-0.2, 0) is 16.1 Å². The van der Waals surface area contributed by atoms with Gasteiger partial charge in [-0.1, -0.05) is 18.2 Å². The number of carbonyl (C=O) groups excluding carboxylic acids is 1. The van der Waals surface area contributed by atoms with Crippen LogP contribution in [0.3, 0.4) is 0 Å². The number of ether oxygens (including phenoxy) is 1. The van der Waals surface area contributed by atoms with Crippen LogP contribution in [0.2, 0.25) is 0 Å². The SMILES string of the molecule is CCOC(=O)C(C)NCc1ccccc1O. The Balaban J connectivity index is 2.46. The van der Waals surface area contributed by atoms with E-state index in [4.69, 9.17) is 4.74 Å². The van der Waals surface area contributed by atoms with Crippen molar-refractivity contribution in [2.45, 2.75) is 26.4 Å². The molecule has 0 spiro atoms. The number of benzene rings is 1. The van der Waals surface area contributed by atoms with E-state index in [2.05, 4.69) is 5.32 Å². The number of carbonyl (C=O) groups is 1. The Morgan fingerprint density at radius 2 is 2.19 bits per heavy atom. The molecule has 0 heterocycles. The molecule has 0 saturated carbocycles. The van der Waals surface area contributed by atoms with Crippen molar-refractivity contribution >= 4 is 5.97 Å². The van der Waals surface area contributed by atoms with E-state index in [1.54, 1.807) is 32.0 Å². The number of aromatic hydroxyl groups is 1. The van der Waals surface area contributed by atoms with Crippen LogP contribution in [0.25, 0.3) is 0 Å². The minimum absolute atomic E-state index is 0.228. The first-order valence-electron chi connectivity index (χ1n) is 5.32. The first-order valence-corrected chi connectivity index (χ1v) is 5.32. The van der Waals surface area contributed by atoms with Gasteiger partial charge >= 0.3 is 5.97 Å². The molecule has 0 aromatic heterocycles. The molecule has 0 bridgehead atoms. The smallest absolute Gasteiger partial charge is 0.322 e. The highest BCUT2D eigenvalue weighted by atomic mass is 16.5. The van der Waals surface area contributed by atoms with Gasteiger partial charge in [0.15, 0.2) is 0 Å². The normalized spacial score (nSPS) is 12.1. The van der Waals surface area contributed by atoms with Crippen LogP contribution in [-0.4, -0.2) is 23.7 Å². The van der Waals surface area contributed by atoms with E-state index in [1.165, 1.54) is 0 Å². The molecule has 0 saturated heterocycles. The van der Waals surface area contributed by atoms with Gasteiger partial charge in [0, 0.05) is 12.1 Å². The summed E-state index contributed by atoms with van der Waals surface area (Å²) in [6.45, 7) is 4.32. The highest BCUT2D eigenvalue weighted by Crippen LogP contribution is 2.14. The lowest BCUT2D eigenvalue weighted by Crippen LogP contribution is -2.34. The molecule has 1 rings (SSSR count). The number of para-hydroxylation sites is 1. The maximum Gasteiger partial charge on any atom is 0.322 e. The molecule has 16 heavy (non-hydrogen) atoms. The van der Waals surface area contributed by atoms with E-state index in [9.17, 15) is 9.90 Å². The summed E-state index contributed by atoms with van der Waals surface area (Å²) >= 11 is 0. The Morgan fingerprint density at radius 3 is 2.81 bits per heavy atom. The van der Waals surface area contributed by atoms with Gasteiger partial charge in [-0.3, -0.25) is 4.79 Å². The third-order valence-electron chi connectivity index (χ3n) is 2.23. The van der Waals surface area contributed by atoms with Crippen LogP contribution in [0.4, 0.5) is 0 Å². The fraction of sp³-hybridized carbons (Fsp3) is 0.417. The summed E-state index contributed by atoms with van der Waals surface area (Å²) in [6.07, 6.45) is 0. The van der Waals surface area contributed by atoms with Crippen molar-refractivity contribution in [2.24, 2.45) is 0 Å². The van der Waals surface area contributed by atoms with Gasteiger partial charge in [0.2, 0.25) is 0 Å². The number of phenols is 1. The predicted molar refractivity (Wildman–Crippen MR) is 61.0 cm³/mol. The monoisotopic (exact) mass is 223 g/mol. The van der Waals surface area contributed by atoms with E-state index in [-0.39, 0.29) is 17.8 Å². The average molecular weight is 223 g/mol. The zero-order valence-corrected chi connectivity index (χ0v) is 9.56.